The summed E-state index contributed by atoms with van der Waals surface area (Å²) < 4.78 is 2.25. The third kappa shape index (κ3) is 2.62. The van der Waals surface area contributed by atoms with Gasteiger partial charge in [0.1, 0.15) is 0 Å². The van der Waals surface area contributed by atoms with Crippen molar-refractivity contribution in [3.63, 3.8) is 0 Å². The molecule has 0 saturated carbocycles. The van der Waals surface area contributed by atoms with E-state index >= 15 is 0 Å². The molecule has 0 atom stereocenters. The third-order valence-electron chi connectivity index (χ3n) is 2.65. The van der Waals surface area contributed by atoms with Crippen LogP contribution in [0.2, 0.25) is 0 Å². The fourth-order valence-electron chi connectivity index (χ4n) is 1.73. The predicted octanol–water partition coefficient (Wildman–Crippen LogP) is 2.07. The minimum absolute atomic E-state index is 0.149. The van der Waals surface area contributed by atoms with Crippen molar-refractivity contribution in [2.75, 3.05) is 31.1 Å². The molecular formula is C10H12IN3O2. The van der Waals surface area contributed by atoms with E-state index < -0.39 is 0 Å². The number of anilines is 1. The number of hydrogen-bond donors (Lipinski definition) is 0. The number of non-ortho nitro benzene ring substituents is 1. The number of benzene rings is 1. The number of nitrogens with zero attached hydrogens (tertiary/aromatic N) is 3. The van der Waals surface area contributed by atoms with Crippen molar-refractivity contribution in [3.05, 3.63) is 34.4 Å². The summed E-state index contributed by atoms with van der Waals surface area (Å²) in [4.78, 5) is 12.4. The van der Waals surface area contributed by atoms with Gasteiger partial charge in [0.05, 0.1) is 4.92 Å². The van der Waals surface area contributed by atoms with E-state index in [1.807, 2.05) is 12.1 Å². The fourth-order valence-corrected chi connectivity index (χ4v) is 2.16. The molecule has 16 heavy (non-hydrogen) atoms. The fraction of sp³-hybridized carbons (Fsp3) is 0.400. The first-order valence-electron chi connectivity index (χ1n) is 5.07. The molecule has 0 aromatic heterocycles. The molecule has 86 valence electrons. The van der Waals surface area contributed by atoms with Gasteiger partial charge in [0.2, 0.25) is 0 Å². The molecule has 0 radical (unpaired) electrons. The number of nitro groups is 1. The van der Waals surface area contributed by atoms with Crippen LogP contribution in [0.25, 0.3) is 0 Å². The summed E-state index contributed by atoms with van der Waals surface area (Å²) in [6, 6.07) is 6.76. The maximum Gasteiger partial charge on any atom is 0.269 e. The zero-order valence-electron chi connectivity index (χ0n) is 8.67. The van der Waals surface area contributed by atoms with Crippen molar-refractivity contribution in [2.24, 2.45) is 0 Å². The highest BCUT2D eigenvalue weighted by Gasteiger charge is 2.15. The number of rotatable bonds is 2. The van der Waals surface area contributed by atoms with Gasteiger partial charge in [-0.3, -0.25) is 10.1 Å². The van der Waals surface area contributed by atoms with Gasteiger partial charge in [-0.1, -0.05) is 0 Å². The van der Waals surface area contributed by atoms with Crippen LogP contribution < -0.4 is 4.90 Å². The predicted molar refractivity (Wildman–Crippen MR) is 70.9 cm³/mol. The standard InChI is InChI=1S/C10H12IN3O2/c11-13-7-5-12(6-8-13)9-1-3-10(4-2-9)14(15)16/h1-4H,5-8H2. The van der Waals surface area contributed by atoms with Crippen LogP contribution in [-0.2, 0) is 0 Å². The molecule has 1 fully saturated rings. The highest BCUT2D eigenvalue weighted by molar-refractivity contribution is 14.1. The molecule has 5 nitrogen and oxygen atoms in total. The van der Waals surface area contributed by atoms with Crippen LogP contribution >= 0.6 is 22.9 Å². The van der Waals surface area contributed by atoms with Crippen molar-refractivity contribution in [3.8, 4) is 0 Å². The van der Waals surface area contributed by atoms with Gasteiger partial charge < -0.3 is 4.90 Å². The van der Waals surface area contributed by atoms with Gasteiger partial charge in [0.15, 0.2) is 0 Å². The molecule has 0 spiro atoms. The molecule has 0 aliphatic carbocycles. The van der Waals surface area contributed by atoms with E-state index in [9.17, 15) is 10.1 Å². The summed E-state index contributed by atoms with van der Waals surface area (Å²) in [5, 5.41) is 10.5. The molecular weight excluding hydrogens is 321 g/mol. The van der Waals surface area contributed by atoms with Gasteiger partial charge in [-0.15, -0.1) is 0 Å². The quantitative estimate of drug-likeness (QED) is 0.360. The lowest BCUT2D eigenvalue weighted by molar-refractivity contribution is -0.384. The molecule has 1 aromatic carbocycles. The van der Waals surface area contributed by atoms with Gasteiger partial charge in [0, 0.05) is 66.9 Å². The van der Waals surface area contributed by atoms with Crippen molar-refractivity contribution in [1.29, 1.82) is 0 Å². The van der Waals surface area contributed by atoms with Gasteiger partial charge in [-0.2, -0.15) is 0 Å². The molecule has 1 saturated heterocycles. The second-order valence-corrected chi connectivity index (χ2v) is 5.03. The summed E-state index contributed by atoms with van der Waals surface area (Å²) >= 11 is 2.32. The molecule has 1 aliphatic heterocycles. The van der Waals surface area contributed by atoms with E-state index in [0.29, 0.717) is 0 Å². The Kier molecular flexibility index (Phi) is 3.59. The van der Waals surface area contributed by atoms with Crippen LogP contribution in [0, 0.1) is 10.1 Å². The Hall–Kier alpha value is -0.890. The zero-order valence-corrected chi connectivity index (χ0v) is 10.8. The largest absolute Gasteiger partial charge is 0.369 e. The smallest absolute Gasteiger partial charge is 0.269 e. The monoisotopic (exact) mass is 333 g/mol. The number of hydrogen-bond acceptors (Lipinski definition) is 4. The average Bonchev–Trinajstić information content (AvgIpc) is 2.30. The first-order chi connectivity index (χ1) is 7.66. The Labute approximate surface area is 108 Å². The van der Waals surface area contributed by atoms with E-state index in [2.05, 4.69) is 30.9 Å². The molecule has 1 aliphatic rings. The SMILES string of the molecule is O=[N+]([O-])c1ccc(N2CCN(I)CC2)cc1. The molecule has 2 rings (SSSR count). The normalized spacial score (nSPS) is 17.4. The second-order valence-electron chi connectivity index (χ2n) is 3.67. The highest BCUT2D eigenvalue weighted by atomic mass is 127. The zero-order chi connectivity index (χ0) is 11.5. The minimum Gasteiger partial charge on any atom is -0.369 e. The number of nitro benzene ring substituents is 1. The Morgan fingerprint density at radius 3 is 2.19 bits per heavy atom. The lowest BCUT2D eigenvalue weighted by atomic mass is 10.2. The summed E-state index contributed by atoms with van der Waals surface area (Å²) in [5.74, 6) is 0. The van der Waals surface area contributed by atoms with Gasteiger partial charge in [-0.05, 0) is 12.1 Å². The molecule has 6 heteroatoms. The third-order valence-corrected chi connectivity index (χ3v) is 3.62. The van der Waals surface area contributed by atoms with Crippen LogP contribution in [0.4, 0.5) is 11.4 Å². The molecule has 1 heterocycles. The maximum atomic E-state index is 10.5. The Balaban J connectivity index is 2.07. The van der Waals surface area contributed by atoms with Gasteiger partial charge in [-0.25, -0.2) is 3.11 Å². The van der Waals surface area contributed by atoms with Crippen molar-refractivity contribution >= 4 is 34.2 Å². The highest BCUT2D eigenvalue weighted by Crippen LogP contribution is 2.21. The maximum absolute atomic E-state index is 10.5. The van der Waals surface area contributed by atoms with E-state index in [-0.39, 0.29) is 10.6 Å². The summed E-state index contributed by atoms with van der Waals surface area (Å²) in [5.41, 5.74) is 1.21. The van der Waals surface area contributed by atoms with Crippen molar-refractivity contribution in [2.45, 2.75) is 0 Å². The molecule has 0 amide bonds. The molecule has 1 aromatic rings. The summed E-state index contributed by atoms with van der Waals surface area (Å²) in [6.07, 6.45) is 0. The minimum atomic E-state index is -0.369. The van der Waals surface area contributed by atoms with E-state index in [1.54, 1.807) is 12.1 Å². The topological polar surface area (TPSA) is 49.6 Å². The second kappa shape index (κ2) is 4.96. The van der Waals surface area contributed by atoms with Crippen LogP contribution in [0.1, 0.15) is 0 Å². The molecule has 0 N–H and O–H groups in total. The van der Waals surface area contributed by atoms with Crippen molar-refractivity contribution in [1.82, 2.24) is 3.11 Å². The van der Waals surface area contributed by atoms with Gasteiger partial charge >= 0.3 is 0 Å². The average molecular weight is 333 g/mol. The van der Waals surface area contributed by atoms with E-state index in [4.69, 9.17) is 0 Å². The first kappa shape index (κ1) is 11.6. The first-order valence-corrected chi connectivity index (χ1v) is 6.03. The Morgan fingerprint density at radius 2 is 1.69 bits per heavy atom. The van der Waals surface area contributed by atoms with Crippen molar-refractivity contribution < 1.29 is 4.92 Å². The Bertz CT molecular complexity index is 374. The lowest BCUT2D eigenvalue weighted by Gasteiger charge is -2.32. The van der Waals surface area contributed by atoms with Crippen LogP contribution in [0.3, 0.4) is 0 Å². The van der Waals surface area contributed by atoms with E-state index in [1.165, 1.54) is 0 Å². The molecule has 0 bridgehead atoms. The number of halogens is 1. The number of piperazine rings is 1. The summed E-state index contributed by atoms with van der Waals surface area (Å²) in [7, 11) is 0. The molecule has 0 unspecified atom stereocenters. The van der Waals surface area contributed by atoms with Crippen LogP contribution in [0.5, 0.6) is 0 Å². The van der Waals surface area contributed by atoms with Crippen LogP contribution in [-0.4, -0.2) is 34.2 Å². The lowest BCUT2D eigenvalue weighted by Crippen LogP contribution is -2.42. The van der Waals surface area contributed by atoms with E-state index in [0.717, 1.165) is 31.9 Å². The summed E-state index contributed by atoms with van der Waals surface area (Å²) in [6.45, 7) is 4.00. The van der Waals surface area contributed by atoms with Crippen LogP contribution in [0.15, 0.2) is 24.3 Å². The van der Waals surface area contributed by atoms with Gasteiger partial charge in [0.25, 0.3) is 5.69 Å². The Morgan fingerprint density at radius 1 is 1.12 bits per heavy atom.